The van der Waals surface area contributed by atoms with Crippen LogP contribution in [0.1, 0.15) is 42.3 Å². The van der Waals surface area contributed by atoms with Crippen LogP contribution < -0.4 is 0 Å². The van der Waals surface area contributed by atoms with Crippen LogP contribution >= 0.6 is 0 Å². The van der Waals surface area contributed by atoms with Gasteiger partial charge < -0.3 is 0 Å². The molecule has 1 aromatic rings. The number of fused-ring (bicyclic) bond motifs is 1. The molecule has 1 aliphatic carbocycles. The first-order chi connectivity index (χ1) is 7.46. The van der Waals surface area contributed by atoms with Crippen molar-refractivity contribution in [2.45, 2.75) is 33.6 Å². The van der Waals surface area contributed by atoms with Crippen molar-refractivity contribution in [3.63, 3.8) is 0 Å². The molecular formula is C15H18O. The quantitative estimate of drug-likeness (QED) is 0.698. The molecule has 0 atom stereocenters. The van der Waals surface area contributed by atoms with Crippen LogP contribution in [0.15, 0.2) is 30.4 Å². The van der Waals surface area contributed by atoms with Crippen LogP contribution in [-0.2, 0) is 12.8 Å². The van der Waals surface area contributed by atoms with E-state index in [9.17, 15) is 4.79 Å². The van der Waals surface area contributed by atoms with Crippen LogP contribution in [-0.4, -0.2) is 5.78 Å². The third kappa shape index (κ3) is 2.41. The Morgan fingerprint density at radius 2 is 2.00 bits per heavy atom. The van der Waals surface area contributed by atoms with Crippen molar-refractivity contribution in [1.82, 2.24) is 0 Å². The van der Waals surface area contributed by atoms with E-state index in [1.165, 1.54) is 5.56 Å². The Kier molecular flexibility index (Phi) is 2.71. The molecule has 0 radical (unpaired) electrons. The molecule has 0 aliphatic heterocycles. The molecule has 0 spiro atoms. The summed E-state index contributed by atoms with van der Waals surface area (Å²) < 4.78 is 0. The second-order valence-corrected chi connectivity index (χ2v) is 5.70. The number of carbonyl (C=O) groups excluding carboxylic acids is 1. The van der Waals surface area contributed by atoms with E-state index in [0.717, 1.165) is 24.0 Å². The Hall–Kier alpha value is -1.37. The van der Waals surface area contributed by atoms with Gasteiger partial charge in [0.1, 0.15) is 0 Å². The van der Waals surface area contributed by atoms with Gasteiger partial charge >= 0.3 is 0 Å². The van der Waals surface area contributed by atoms with Crippen LogP contribution in [0.3, 0.4) is 0 Å². The molecule has 2 rings (SSSR count). The highest BCUT2D eigenvalue weighted by atomic mass is 16.1. The number of benzene rings is 1. The molecule has 1 heteroatoms. The lowest BCUT2D eigenvalue weighted by atomic mass is 9.85. The summed E-state index contributed by atoms with van der Waals surface area (Å²) in [4.78, 5) is 11.7. The van der Waals surface area contributed by atoms with Crippen molar-refractivity contribution in [2.24, 2.45) is 5.41 Å². The van der Waals surface area contributed by atoms with Crippen LogP contribution in [0, 0.1) is 5.41 Å². The standard InChI is InChI=1S/C15H18O/c1-15(2,3)10-11-7-8-12-5-4-6-14(16)13(12)9-11/h4,6-9H,5,10H2,1-3H3. The summed E-state index contributed by atoms with van der Waals surface area (Å²) in [6, 6.07) is 6.31. The molecule has 0 aromatic heterocycles. The molecule has 0 saturated heterocycles. The molecule has 1 aliphatic rings. The zero-order valence-corrected chi connectivity index (χ0v) is 10.2. The molecular weight excluding hydrogens is 196 g/mol. The summed E-state index contributed by atoms with van der Waals surface area (Å²) in [6.45, 7) is 6.65. The van der Waals surface area contributed by atoms with Crippen molar-refractivity contribution in [1.29, 1.82) is 0 Å². The highest BCUT2D eigenvalue weighted by molar-refractivity contribution is 6.06. The van der Waals surface area contributed by atoms with Crippen molar-refractivity contribution in [3.8, 4) is 0 Å². The molecule has 0 bridgehead atoms. The van der Waals surface area contributed by atoms with Gasteiger partial charge in [-0.2, -0.15) is 0 Å². The monoisotopic (exact) mass is 214 g/mol. The zero-order chi connectivity index (χ0) is 11.8. The van der Waals surface area contributed by atoms with Crippen LogP contribution in [0.2, 0.25) is 0 Å². The lowest BCUT2D eigenvalue weighted by molar-refractivity contribution is 0.104. The number of allylic oxidation sites excluding steroid dienone is 2. The second-order valence-electron chi connectivity index (χ2n) is 5.70. The summed E-state index contributed by atoms with van der Waals surface area (Å²) in [7, 11) is 0. The Balaban J connectivity index is 2.33. The molecule has 1 aromatic carbocycles. The smallest absolute Gasteiger partial charge is 0.185 e. The summed E-state index contributed by atoms with van der Waals surface area (Å²) in [5.41, 5.74) is 3.58. The Morgan fingerprint density at radius 1 is 1.25 bits per heavy atom. The van der Waals surface area contributed by atoms with E-state index in [1.807, 2.05) is 6.08 Å². The first-order valence-electron chi connectivity index (χ1n) is 5.78. The number of hydrogen-bond donors (Lipinski definition) is 0. The van der Waals surface area contributed by atoms with Crippen molar-refractivity contribution < 1.29 is 4.79 Å². The minimum atomic E-state index is 0.150. The summed E-state index contributed by atoms with van der Waals surface area (Å²) >= 11 is 0. The highest BCUT2D eigenvalue weighted by Gasteiger charge is 2.16. The molecule has 0 heterocycles. The first kappa shape index (κ1) is 11.1. The summed E-state index contributed by atoms with van der Waals surface area (Å²) in [6.07, 6.45) is 5.52. The van der Waals surface area contributed by atoms with Gasteiger partial charge in [-0.15, -0.1) is 0 Å². The van der Waals surface area contributed by atoms with Gasteiger partial charge in [0, 0.05) is 5.56 Å². The predicted molar refractivity (Wildman–Crippen MR) is 66.8 cm³/mol. The highest BCUT2D eigenvalue weighted by Crippen LogP contribution is 2.24. The van der Waals surface area contributed by atoms with E-state index in [1.54, 1.807) is 6.08 Å². The van der Waals surface area contributed by atoms with Gasteiger partial charge in [0.2, 0.25) is 0 Å². The first-order valence-corrected chi connectivity index (χ1v) is 5.78. The van der Waals surface area contributed by atoms with Crippen molar-refractivity contribution >= 4 is 5.78 Å². The second kappa shape index (κ2) is 3.89. The Bertz CT molecular complexity index is 447. The van der Waals surface area contributed by atoms with Gasteiger partial charge in [-0.1, -0.05) is 39.0 Å². The maximum Gasteiger partial charge on any atom is 0.185 e. The molecule has 1 nitrogen and oxygen atoms in total. The minimum Gasteiger partial charge on any atom is -0.289 e. The lowest BCUT2D eigenvalue weighted by Gasteiger charge is -2.19. The topological polar surface area (TPSA) is 17.1 Å². The third-order valence-electron chi connectivity index (χ3n) is 2.78. The number of rotatable bonds is 1. The molecule has 0 unspecified atom stereocenters. The maximum atomic E-state index is 11.7. The van der Waals surface area contributed by atoms with E-state index in [0.29, 0.717) is 0 Å². The van der Waals surface area contributed by atoms with E-state index in [4.69, 9.17) is 0 Å². The van der Waals surface area contributed by atoms with E-state index < -0.39 is 0 Å². The molecule has 0 N–H and O–H groups in total. The molecule has 0 saturated carbocycles. The van der Waals surface area contributed by atoms with Gasteiger partial charge in [-0.25, -0.2) is 0 Å². The molecule has 0 fully saturated rings. The van der Waals surface area contributed by atoms with Gasteiger partial charge in [0.25, 0.3) is 0 Å². The lowest BCUT2D eigenvalue weighted by Crippen LogP contribution is -2.11. The minimum absolute atomic E-state index is 0.150. The normalized spacial score (nSPS) is 15.1. The fourth-order valence-corrected chi connectivity index (χ4v) is 2.14. The van der Waals surface area contributed by atoms with E-state index in [2.05, 4.69) is 39.0 Å². The van der Waals surface area contributed by atoms with Gasteiger partial charge in [0.15, 0.2) is 5.78 Å². The van der Waals surface area contributed by atoms with Crippen LogP contribution in [0.4, 0.5) is 0 Å². The van der Waals surface area contributed by atoms with Gasteiger partial charge in [-0.05, 0) is 41.5 Å². The third-order valence-corrected chi connectivity index (χ3v) is 2.78. The number of ketones is 1. The van der Waals surface area contributed by atoms with Crippen molar-refractivity contribution in [2.75, 3.05) is 0 Å². The molecule has 0 amide bonds. The van der Waals surface area contributed by atoms with Gasteiger partial charge in [-0.3, -0.25) is 4.79 Å². The summed E-state index contributed by atoms with van der Waals surface area (Å²) in [5.74, 6) is 0.150. The average Bonchev–Trinajstić information content (AvgIpc) is 2.17. The fourth-order valence-electron chi connectivity index (χ4n) is 2.14. The largest absolute Gasteiger partial charge is 0.289 e. The summed E-state index contributed by atoms with van der Waals surface area (Å²) in [5, 5.41) is 0. The number of hydrogen-bond acceptors (Lipinski definition) is 1. The fraction of sp³-hybridized carbons (Fsp3) is 0.400. The average molecular weight is 214 g/mol. The maximum absolute atomic E-state index is 11.7. The van der Waals surface area contributed by atoms with Crippen LogP contribution in [0.25, 0.3) is 0 Å². The van der Waals surface area contributed by atoms with E-state index >= 15 is 0 Å². The zero-order valence-electron chi connectivity index (χ0n) is 10.2. The van der Waals surface area contributed by atoms with Crippen molar-refractivity contribution in [3.05, 3.63) is 47.0 Å². The molecule has 84 valence electrons. The Labute approximate surface area is 97.2 Å². The SMILES string of the molecule is CC(C)(C)Cc1ccc2c(c1)C(=O)C=CC2. The predicted octanol–water partition coefficient (Wildman–Crippen LogP) is 3.57. The molecule has 16 heavy (non-hydrogen) atoms. The Morgan fingerprint density at radius 3 is 2.69 bits per heavy atom. The van der Waals surface area contributed by atoms with Crippen LogP contribution in [0.5, 0.6) is 0 Å². The van der Waals surface area contributed by atoms with E-state index in [-0.39, 0.29) is 11.2 Å². The number of carbonyl (C=O) groups is 1. The van der Waals surface area contributed by atoms with Gasteiger partial charge in [0.05, 0.1) is 0 Å².